The lowest BCUT2D eigenvalue weighted by molar-refractivity contribution is 0.0914. The SMILES string of the molecule is Cc1cccnc1[C@@H]1CCCN1C(=O)OCc1ccccc1. The molecule has 0 bridgehead atoms. The fraction of sp³-hybridized carbons (Fsp3) is 0.333. The molecule has 0 radical (unpaired) electrons. The number of aryl methyl sites for hydroxylation is 1. The van der Waals surface area contributed by atoms with E-state index in [0.717, 1.165) is 36.2 Å². The van der Waals surface area contributed by atoms with Crippen molar-refractivity contribution in [2.75, 3.05) is 6.54 Å². The van der Waals surface area contributed by atoms with Crippen molar-refractivity contribution in [3.8, 4) is 0 Å². The Bertz CT molecular complexity index is 643. The lowest BCUT2D eigenvalue weighted by Gasteiger charge is -2.24. The van der Waals surface area contributed by atoms with E-state index in [1.807, 2.05) is 49.4 Å². The molecule has 0 aliphatic carbocycles. The Kier molecular flexibility index (Phi) is 4.37. The standard InChI is InChI=1S/C18H20N2O2/c1-14-7-5-11-19-17(14)16-10-6-12-20(16)18(21)22-13-15-8-3-2-4-9-15/h2-5,7-9,11,16H,6,10,12-13H2,1H3/t16-/m0/s1. The quantitative estimate of drug-likeness (QED) is 0.863. The van der Waals surface area contributed by atoms with Crippen LogP contribution in [0.4, 0.5) is 4.79 Å². The Morgan fingerprint density at radius 2 is 2.09 bits per heavy atom. The maximum atomic E-state index is 12.4. The molecule has 0 unspecified atom stereocenters. The summed E-state index contributed by atoms with van der Waals surface area (Å²) < 4.78 is 5.46. The molecule has 0 spiro atoms. The van der Waals surface area contributed by atoms with E-state index >= 15 is 0 Å². The van der Waals surface area contributed by atoms with Crippen LogP contribution in [-0.4, -0.2) is 22.5 Å². The van der Waals surface area contributed by atoms with Crippen LogP contribution in [0.2, 0.25) is 0 Å². The third-order valence-electron chi connectivity index (χ3n) is 4.06. The number of pyridine rings is 1. The van der Waals surface area contributed by atoms with Gasteiger partial charge >= 0.3 is 6.09 Å². The van der Waals surface area contributed by atoms with Crippen LogP contribution in [0.25, 0.3) is 0 Å². The summed E-state index contributed by atoms with van der Waals surface area (Å²) in [7, 11) is 0. The van der Waals surface area contributed by atoms with Crippen molar-refractivity contribution < 1.29 is 9.53 Å². The van der Waals surface area contributed by atoms with Gasteiger partial charge in [-0.3, -0.25) is 9.88 Å². The summed E-state index contributed by atoms with van der Waals surface area (Å²) in [6.45, 7) is 3.08. The van der Waals surface area contributed by atoms with E-state index in [9.17, 15) is 4.79 Å². The predicted molar refractivity (Wildman–Crippen MR) is 84.3 cm³/mol. The highest BCUT2D eigenvalue weighted by Gasteiger charge is 2.32. The molecule has 1 atom stereocenters. The normalized spacial score (nSPS) is 17.5. The minimum absolute atomic E-state index is 0.0319. The number of ether oxygens (including phenoxy) is 1. The Morgan fingerprint density at radius 3 is 2.86 bits per heavy atom. The van der Waals surface area contributed by atoms with Gasteiger partial charge in [-0.15, -0.1) is 0 Å². The van der Waals surface area contributed by atoms with Crippen molar-refractivity contribution in [3.05, 3.63) is 65.5 Å². The summed E-state index contributed by atoms with van der Waals surface area (Å²) >= 11 is 0. The zero-order valence-corrected chi connectivity index (χ0v) is 12.7. The average Bonchev–Trinajstić information content (AvgIpc) is 3.03. The second-order valence-electron chi connectivity index (χ2n) is 5.60. The van der Waals surface area contributed by atoms with E-state index in [1.165, 1.54) is 0 Å². The smallest absolute Gasteiger partial charge is 0.410 e. The van der Waals surface area contributed by atoms with E-state index < -0.39 is 0 Å². The highest BCUT2D eigenvalue weighted by Crippen LogP contribution is 2.32. The first kappa shape index (κ1) is 14.6. The molecule has 2 heterocycles. The van der Waals surface area contributed by atoms with Crippen LogP contribution in [0, 0.1) is 6.92 Å². The van der Waals surface area contributed by atoms with E-state index in [-0.39, 0.29) is 12.1 Å². The maximum Gasteiger partial charge on any atom is 0.410 e. The van der Waals surface area contributed by atoms with Crippen LogP contribution >= 0.6 is 0 Å². The number of benzene rings is 1. The van der Waals surface area contributed by atoms with Gasteiger partial charge in [0, 0.05) is 12.7 Å². The van der Waals surface area contributed by atoms with Gasteiger partial charge in [0.05, 0.1) is 11.7 Å². The van der Waals surface area contributed by atoms with Gasteiger partial charge in [0.25, 0.3) is 0 Å². The third-order valence-corrected chi connectivity index (χ3v) is 4.06. The summed E-state index contributed by atoms with van der Waals surface area (Å²) in [5.41, 5.74) is 3.10. The molecule has 2 aromatic rings. The van der Waals surface area contributed by atoms with E-state index in [4.69, 9.17) is 4.74 Å². The number of nitrogens with zero attached hydrogens (tertiary/aromatic N) is 2. The number of hydrogen-bond donors (Lipinski definition) is 0. The predicted octanol–water partition coefficient (Wildman–Crippen LogP) is 3.86. The number of aromatic nitrogens is 1. The van der Waals surface area contributed by atoms with E-state index in [1.54, 1.807) is 11.1 Å². The van der Waals surface area contributed by atoms with Gasteiger partial charge in [0.1, 0.15) is 6.61 Å². The molecular formula is C18H20N2O2. The lowest BCUT2D eigenvalue weighted by Crippen LogP contribution is -2.31. The van der Waals surface area contributed by atoms with Crippen LogP contribution in [0.5, 0.6) is 0 Å². The Morgan fingerprint density at radius 1 is 1.27 bits per heavy atom. The largest absolute Gasteiger partial charge is 0.445 e. The minimum Gasteiger partial charge on any atom is -0.445 e. The molecule has 0 saturated carbocycles. The topological polar surface area (TPSA) is 42.4 Å². The lowest BCUT2D eigenvalue weighted by atomic mass is 10.1. The van der Waals surface area contributed by atoms with Gasteiger partial charge in [-0.25, -0.2) is 4.79 Å². The summed E-state index contributed by atoms with van der Waals surface area (Å²) in [6.07, 6.45) is 3.46. The summed E-state index contributed by atoms with van der Waals surface area (Å²) in [5, 5.41) is 0. The van der Waals surface area contributed by atoms with Crippen LogP contribution in [0.3, 0.4) is 0 Å². The first-order valence-corrected chi connectivity index (χ1v) is 7.64. The number of likely N-dealkylation sites (tertiary alicyclic amines) is 1. The fourth-order valence-electron chi connectivity index (χ4n) is 2.92. The van der Waals surface area contributed by atoms with E-state index in [2.05, 4.69) is 4.98 Å². The summed E-state index contributed by atoms with van der Waals surface area (Å²) in [5.74, 6) is 0. The molecular weight excluding hydrogens is 276 g/mol. The van der Waals surface area contributed by atoms with Gasteiger partial charge in [0.15, 0.2) is 0 Å². The molecule has 1 saturated heterocycles. The van der Waals surface area contributed by atoms with Crippen molar-refractivity contribution >= 4 is 6.09 Å². The molecule has 4 nitrogen and oxygen atoms in total. The molecule has 114 valence electrons. The van der Waals surface area contributed by atoms with Crippen LogP contribution in [0.15, 0.2) is 48.7 Å². The molecule has 1 fully saturated rings. The Balaban J connectivity index is 1.68. The molecule has 1 aromatic carbocycles. The van der Waals surface area contributed by atoms with Crippen molar-refractivity contribution in [1.82, 2.24) is 9.88 Å². The number of carbonyl (C=O) groups is 1. The first-order valence-electron chi connectivity index (χ1n) is 7.64. The minimum atomic E-state index is -0.253. The number of rotatable bonds is 3. The monoisotopic (exact) mass is 296 g/mol. The van der Waals surface area contributed by atoms with Gasteiger partial charge in [-0.1, -0.05) is 36.4 Å². The summed E-state index contributed by atoms with van der Waals surface area (Å²) in [4.78, 5) is 18.7. The molecule has 1 aliphatic heterocycles. The number of amides is 1. The van der Waals surface area contributed by atoms with Crippen LogP contribution in [-0.2, 0) is 11.3 Å². The van der Waals surface area contributed by atoms with Crippen LogP contribution in [0.1, 0.15) is 35.7 Å². The van der Waals surface area contributed by atoms with Gasteiger partial charge in [0.2, 0.25) is 0 Å². The molecule has 1 amide bonds. The molecule has 22 heavy (non-hydrogen) atoms. The highest BCUT2D eigenvalue weighted by atomic mass is 16.6. The number of hydrogen-bond acceptors (Lipinski definition) is 3. The first-order chi connectivity index (χ1) is 10.8. The number of carbonyl (C=O) groups excluding carboxylic acids is 1. The molecule has 3 rings (SSSR count). The fourth-order valence-corrected chi connectivity index (χ4v) is 2.92. The van der Waals surface area contributed by atoms with Crippen molar-refractivity contribution in [3.63, 3.8) is 0 Å². The van der Waals surface area contributed by atoms with Crippen LogP contribution < -0.4 is 0 Å². The third kappa shape index (κ3) is 3.11. The van der Waals surface area contributed by atoms with E-state index in [0.29, 0.717) is 6.61 Å². The Hall–Kier alpha value is -2.36. The molecule has 0 N–H and O–H groups in total. The Labute approximate surface area is 130 Å². The van der Waals surface area contributed by atoms with Gasteiger partial charge in [-0.05, 0) is 37.0 Å². The van der Waals surface area contributed by atoms with Crippen molar-refractivity contribution in [2.24, 2.45) is 0 Å². The highest BCUT2D eigenvalue weighted by molar-refractivity contribution is 5.68. The zero-order chi connectivity index (χ0) is 15.4. The van der Waals surface area contributed by atoms with Crippen molar-refractivity contribution in [1.29, 1.82) is 0 Å². The zero-order valence-electron chi connectivity index (χ0n) is 12.7. The maximum absolute atomic E-state index is 12.4. The second kappa shape index (κ2) is 6.60. The van der Waals surface area contributed by atoms with Gasteiger partial charge in [-0.2, -0.15) is 0 Å². The molecule has 1 aromatic heterocycles. The molecule has 1 aliphatic rings. The average molecular weight is 296 g/mol. The summed E-state index contributed by atoms with van der Waals surface area (Å²) in [6, 6.07) is 13.7. The van der Waals surface area contributed by atoms with Crippen molar-refractivity contribution in [2.45, 2.75) is 32.4 Å². The second-order valence-corrected chi connectivity index (χ2v) is 5.60. The molecule has 4 heteroatoms. The van der Waals surface area contributed by atoms with Gasteiger partial charge < -0.3 is 4.74 Å².